The van der Waals surface area contributed by atoms with Crippen LogP contribution in [0.5, 0.6) is 0 Å². The average molecular weight is 308 g/mol. The first-order valence-corrected chi connectivity index (χ1v) is 7.15. The minimum Gasteiger partial charge on any atom is -0.444 e. The smallest absolute Gasteiger partial charge is 0.407 e. The van der Waals surface area contributed by atoms with Crippen LogP contribution in [0.15, 0.2) is 18.2 Å². The van der Waals surface area contributed by atoms with E-state index in [9.17, 15) is 14.9 Å². The number of non-ortho nitro benzene ring substituents is 1. The van der Waals surface area contributed by atoms with Gasteiger partial charge in [-0.25, -0.2) is 4.79 Å². The minimum absolute atomic E-state index is 0.00832. The lowest BCUT2D eigenvalue weighted by atomic mass is 9.83. The molecule has 1 rings (SSSR count). The van der Waals surface area contributed by atoms with Gasteiger partial charge in [-0.1, -0.05) is 26.8 Å². The summed E-state index contributed by atoms with van der Waals surface area (Å²) in [6, 6.07) is 4.72. The van der Waals surface area contributed by atoms with Gasteiger partial charge in [-0.2, -0.15) is 0 Å². The lowest BCUT2D eigenvalue weighted by Crippen LogP contribution is -2.32. The Morgan fingerprint density at radius 1 is 1.23 bits per heavy atom. The molecule has 6 nitrogen and oxygen atoms in total. The van der Waals surface area contributed by atoms with Crippen molar-refractivity contribution < 1.29 is 14.5 Å². The van der Waals surface area contributed by atoms with E-state index in [0.29, 0.717) is 5.56 Å². The second-order valence-electron chi connectivity index (χ2n) is 7.20. The van der Waals surface area contributed by atoms with Crippen LogP contribution in [0.3, 0.4) is 0 Å². The molecule has 0 spiro atoms. The number of benzene rings is 1. The topological polar surface area (TPSA) is 81.5 Å². The number of ether oxygens (including phenoxy) is 1. The second kappa shape index (κ2) is 6.34. The van der Waals surface area contributed by atoms with Gasteiger partial charge in [-0.05, 0) is 37.3 Å². The molecule has 1 N–H and O–H groups in total. The minimum atomic E-state index is -0.584. The summed E-state index contributed by atoms with van der Waals surface area (Å²) in [6.07, 6.45) is -0.543. The summed E-state index contributed by atoms with van der Waals surface area (Å²) in [5.74, 6) is 0. The van der Waals surface area contributed by atoms with Crippen molar-refractivity contribution in [3.8, 4) is 0 Å². The fraction of sp³-hybridized carbons (Fsp3) is 0.562. The van der Waals surface area contributed by atoms with Crippen molar-refractivity contribution >= 4 is 11.8 Å². The third-order valence-electron chi connectivity index (χ3n) is 2.93. The molecule has 0 aliphatic heterocycles. The van der Waals surface area contributed by atoms with Gasteiger partial charge in [0.2, 0.25) is 0 Å². The van der Waals surface area contributed by atoms with E-state index in [1.54, 1.807) is 26.8 Å². The molecule has 0 fully saturated rings. The van der Waals surface area contributed by atoms with Crippen LogP contribution in [-0.4, -0.2) is 16.6 Å². The number of carbonyl (C=O) groups excluding carboxylic acids is 1. The molecule has 1 aromatic rings. The Morgan fingerprint density at radius 2 is 1.82 bits per heavy atom. The first kappa shape index (κ1) is 17.9. The molecule has 0 aliphatic rings. The first-order chi connectivity index (χ1) is 9.90. The van der Waals surface area contributed by atoms with E-state index >= 15 is 0 Å². The molecule has 1 aromatic carbocycles. The maximum Gasteiger partial charge on any atom is 0.407 e. The number of rotatable bonds is 3. The van der Waals surface area contributed by atoms with Gasteiger partial charge in [-0.15, -0.1) is 0 Å². The van der Waals surface area contributed by atoms with Crippen LogP contribution in [0, 0.1) is 10.1 Å². The summed E-state index contributed by atoms with van der Waals surface area (Å²) < 4.78 is 5.18. The van der Waals surface area contributed by atoms with E-state index in [-0.39, 0.29) is 17.6 Å². The largest absolute Gasteiger partial charge is 0.444 e. The van der Waals surface area contributed by atoms with Crippen molar-refractivity contribution in [2.75, 3.05) is 0 Å². The Labute approximate surface area is 131 Å². The van der Waals surface area contributed by atoms with Crippen molar-refractivity contribution in [2.24, 2.45) is 0 Å². The normalized spacial score (nSPS) is 11.9. The number of nitrogens with one attached hydrogen (secondary N) is 1. The van der Waals surface area contributed by atoms with Crippen molar-refractivity contribution in [3.05, 3.63) is 39.4 Å². The number of hydrogen-bond donors (Lipinski definition) is 1. The molecular formula is C16H24N2O4. The molecule has 6 heteroatoms. The van der Waals surface area contributed by atoms with Crippen LogP contribution in [0.25, 0.3) is 0 Å². The van der Waals surface area contributed by atoms with E-state index in [1.807, 2.05) is 20.8 Å². The molecule has 1 amide bonds. The molecule has 0 bridgehead atoms. The predicted octanol–water partition coefficient (Wildman–Crippen LogP) is 3.92. The zero-order chi connectivity index (χ0) is 17.1. The number of carbonyl (C=O) groups is 1. The predicted molar refractivity (Wildman–Crippen MR) is 84.9 cm³/mol. The maximum atomic E-state index is 11.7. The summed E-state index contributed by atoms with van der Waals surface area (Å²) in [5.41, 5.74) is 0.912. The summed E-state index contributed by atoms with van der Waals surface area (Å²) >= 11 is 0. The highest BCUT2D eigenvalue weighted by Gasteiger charge is 2.22. The molecule has 0 aromatic heterocycles. The van der Waals surface area contributed by atoms with Gasteiger partial charge in [0.15, 0.2) is 0 Å². The SMILES string of the molecule is CC(C)(C)OC(=O)NCc1cc([N+](=O)[O-])ccc1C(C)(C)C. The maximum absolute atomic E-state index is 11.7. The monoisotopic (exact) mass is 308 g/mol. The Morgan fingerprint density at radius 3 is 2.27 bits per heavy atom. The van der Waals surface area contributed by atoms with Crippen molar-refractivity contribution in [1.82, 2.24) is 5.32 Å². The van der Waals surface area contributed by atoms with Gasteiger partial charge in [0.25, 0.3) is 5.69 Å². The standard InChI is InChI=1S/C16H24N2O4/c1-15(2,3)13-8-7-12(18(20)21)9-11(13)10-17-14(19)22-16(4,5)6/h7-9H,10H2,1-6H3,(H,17,19). The lowest BCUT2D eigenvalue weighted by molar-refractivity contribution is -0.384. The highest BCUT2D eigenvalue weighted by Crippen LogP contribution is 2.28. The van der Waals surface area contributed by atoms with E-state index in [0.717, 1.165) is 5.56 Å². The van der Waals surface area contributed by atoms with Crippen LogP contribution in [0.4, 0.5) is 10.5 Å². The van der Waals surface area contributed by atoms with E-state index in [4.69, 9.17) is 4.74 Å². The number of alkyl carbamates (subject to hydrolysis) is 1. The molecule has 0 radical (unpaired) electrons. The summed E-state index contributed by atoms with van der Waals surface area (Å²) in [7, 11) is 0. The van der Waals surface area contributed by atoms with Gasteiger partial charge in [0.1, 0.15) is 5.60 Å². The number of nitrogens with zero attached hydrogens (tertiary/aromatic N) is 1. The fourth-order valence-electron chi connectivity index (χ4n) is 2.05. The van der Waals surface area contributed by atoms with E-state index < -0.39 is 16.6 Å². The van der Waals surface area contributed by atoms with Gasteiger partial charge in [0.05, 0.1) is 4.92 Å². The Balaban J connectivity index is 2.98. The fourth-order valence-corrected chi connectivity index (χ4v) is 2.05. The average Bonchev–Trinajstić information content (AvgIpc) is 2.32. The number of amides is 1. The van der Waals surface area contributed by atoms with Crippen LogP contribution >= 0.6 is 0 Å². The summed E-state index contributed by atoms with van der Waals surface area (Å²) in [4.78, 5) is 22.2. The van der Waals surface area contributed by atoms with Gasteiger partial charge in [-0.3, -0.25) is 10.1 Å². The third-order valence-corrected chi connectivity index (χ3v) is 2.93. The van der Waals surface area contributed by atoms with E-state index in [1.165, 1.54) is 12.1 Å². The molecule has 0 aliphatic carbocycles. The van der Waals surface area contributed by atoms with Crippen molar-refractivity contribution in [1.29, 1.82) is 0 Å². The van der Waals surface area contributed by atoms with Crippen LogP contribution in [0.1, 0.15) is 52.7 Å². The van der Waals surface area contributed by atoms with Gasteiger partial charge >= 0.3 is 6.09 Å². The highest BCUT2D eigenvalue weighted by molar-refractivity contribution is 5.67. The molecule has 0 heterocycles. The Kier molecular flexibility index (Phi) is 5.17. The zero-order valence-electron chi connectivity index (χ0n) is 14.0. The molecular weight excluding hydrogens is 284 g/mol. The number of nitro benzene ring substituents is 1. The van der Waals surface area contributed by atoms with Crippen LogP contribution < -0.4 is 5.32 Å². The summed E-state index contributed by atoms with van der Waals surface area (Å²) in [5, 5.41) is 13.6. The van der Waals surface area contributed by atoms with Crippen LogP contribution in [0.2, 0.25) is 0 Å². The van der Waals surface area contributed by atoms with Gasteiger partial charge < -0.3 is 10.1 Å². The molecule has 0 saturated heterocycles. The molecule has 122 valence electrons. The first-order valence-electron chi connectivity index (χ1n) is 7.15. The molecule has 22 heavy (non-hydrogen) atoms. The van der Waals surface area contributed by atoms with Crippen molar-refractivity contribution in [3.63, 3.8) is 0 Å². The molecule has 0 atom stereocenters. The van der Waals surface area contributed by atoms with E-state index in [2.05, 4.69) is 5.32 Å². The zero-order valence-corrected chi connectivity index (χ0v) is 14.0. The van der Waals surface area contributed by atoms with Crippen molar-refractivity contribution in [2.45, 2.75) is 59.1 Å². The second-order valence-corrected chi connectivity index (χ2v) is 7.20. The van der Waals surface area contributed by atoms with Crippen LogP contribution in [-0.2, 0) is 16.7 Å². The quantitative estimate of drug-likeness (QED) is 0.678. The molecule has 0 unspecified atom stereocenters. The summed E-state index contributed by atoms with van der Waals surface area (Å²) in [6.45, 7) is 11.6. The number of hydrogen-bond acceptors (Lipinski definition) is 4. The Hall–Kier alpha value is -2.11. The third kappa shape index (κ3) is 5.35. The lowest BCUT2D eigenvalue weighted by Gasteiger charge is -2.24. The number of nitro groups is 1. The molecule has 0 saturated carbocycles. The van der Waals surface area contributed by atoms with Gasteiger partial charge in [0, 0.05) is 18.7 Å². The Bertz CT molecular complexity index is 568. The highest BCUT2D eigenvalue weighted by atomic mass is 16.6.